The number of nitrogens with zero attached hydrogens (tertiary/aromatic N) is 2. The number of rotatable bonds is 5. The van der Waals surface area contributed by atoms with Crippen LogP contribution in [0.4, 0.5) is 5.69 Å². The van der Waals surface area contributed by atoms with Crippen molar-refractivity contribution in [1.82, 2.24) is 4.90 Å². The zero-order valence-electron chi connectivity index (χ0n) is 13.0. The number of para-hydroxylation sites is 1. The third-order valence-corrected chi connectivity index (χ3v) is 4.79. The van der Waals surface area contributed by atoms with Crippen LogP contribution in [0.1, 0.15) is 33.1 Å². The maximum absolute atomic E-state index is 6.25. The second-order valence-corrected chi connectivity index (χ2v) is 5.80. The van der Waals surface area contributed by atoms with E-state index in [2.05, 4.69) is 54.0 Å². The molecular weight excluding hydrogens is 246 g/mol. The molecule has 112 valence electrons. The SMILES string of the molecule is CCN1CCCC(CN)(N(CC)c2ccccc2)CC1. The van der Waals surface area contributed by atoms with Crippen LogP contribution in [0.2, 0.25) is 0 Å². The summed E-state index contributed by atoms with van der Waals surface area (Å²) in [4.78, 5) is 5.09. The molecule has 20 heavy (non-hydrogen) atoms. The largest absolute Gasteiger partial charge is 0.365 e. The zero-order valence-corrected chi connectivity index (χ0v) is 13.0. The standard InChI is InChI=1S/C17H29N3/c1-3-19-13-8-11-17(15-18,12-14-19)20(4-2)16-9-6-5-7-10-16/h5-7,9-10H,3-4,8,11-15,18H2,1-2H3. The Hall–Kier alpha value is -1.06. The molecule has 1 aromatic rings. The van der Waals surface area contributed by atoms with Crippen LogP contribution < -0.4 is 10.6 Å². The average molecular weight is 275 g/mol. The lowest BCUT2D eigenvalue weighted by Crippen LogP contribution is -2.54. The molecule has 0 amide bonds. The minimum atomic E-state index is 0.125. The first-order valence-electron chi connectivity index (χ1n) is 8.01. The Morgan fingerprint density at radius 2 is 1.90 bits per heavy atom. The van der Waals surface area contributed by atoms with Crippen molar-refractivity contribution in [3.63, 3.8) is 0 Å². The maximum Gasteiger partial charge on any atom is 0.0536 e. The normalized spacial score (nSPS) is 24.4. The third-order valence-electron chi connectivity index (χ3n) is 4.79. The molecule has 1 aliphatic heterocycles. The molecule has 0 spiro atoms. The fourth-order valence-electron chi connectivity index (χ4n) is 3.53. The lowest BCUT2D eigenvalue weighted by Gasteiger charge is -2.44. The Kier molecular flexibility index (Phi) is 5.44. The number of hydrogen-bond donors (Lipinski definition) is 1. The lowest BCUT2D eigenvalue weighted by molar-refractivity contribution is 0.285. The summed E-state index contributed by atoms with van der Waals surface area (Å²) < 4.78 is 0. The average Bonchev–Trinajstić information content (AvgIpc) is 2.72. The Morgan fingerprint density at radius 1 is 1.15 bits per heavy atom. The molecule has 3 heteroatoms. The summed E-state index contributed by atoms with van der Waals surface area (Å²) in [5, 5.41) is 0. The first kappa shape index (κ1) is 15.3. The van der Waals surface area contributed by atoms with Crippen molar-refractivity contribution in [2.24, 2.45) is 5.73 Å². The fourth-order valence-corrected chi connectivity index (χ4v) is 3.53. The number of benzene rings is 1. The highest BCUT2D eigenvalue weighted by molar-refractivity contribution is 5.49. The first-order chi connectivity index (χ1) is 9.75. The third kappa shape index (κ3) is 3.15. The number of likely N-dealkylation sites (N-methyl/N-ethyl adjacent to an activating group) is 1. The van der Waals surface area contributed by atoms with Gasteiger partial charge in [0, 0.05) is 25.3 Å². The predicted molar refractivity (Wildman–Crippen MR) is 87.2 cm³/mol. The van der Waals surface area contributed by atoms with Crippen LogP contribution >= 0.6 is 0 Å². The fraction of sp³-hybridized carbons (Fsp3) is 0.647. The molecule has 1 aliphatic rings. The van der Waals surface area contributed by atoms with Gasteiger partial charge in [-0.05, 0) is 51.4 Å². The topological polar surface area (TPSA) is 32.5 Å². The van der Waals surface area contributed by atoms with Gasteiger partial charge in [-0.25, -0.2) is 0 Å². The second-order valence-electron chi connectivity index (χ2n) is 5.80. The van der Waals surface area contributed by atoms with Gasteiger partial charge in [-0.1, -0.05) is 25.1 Å². The number of likely N-dealkylation sites (tertiary alicyclic amines) is 1. The van der Waals surface area contributed by atoms with Gasteiger partial charge < -0.3 is 15.5 Å². The molecule has 1 fully saturated rings. The molecule has 1 atom stereocenters. The molecule has 3 nitrogen and oxygen atoms in total. The summed E-state index contributed by atoms with van der Waals surface area (Å²) in [6.07, 6.45) is 3.61. The Labute approximate surface area is 123 Å². The monoisotopic (exact) mass is 275 g/mol. The van der Waals surface area contributed by atoms with Crippen LogP contribution in [-0.2, 0) is 0 Å². The summed E-state index contributed by atoms with van der Waals surface area (Å²) in [6.45, 7) is 9.79. The molecule has 0 aromatic heterocycles. The second kappa shape index (κ2) is 7.09. The highest BCUT2D eigenvalue weighted by Gasteiger charge is 2.36. The van der Waals surface area contributed by atoms with E-state index in [0.29, 0.717) is 0 Å². The van der Waals surface area contributed by atoms with Crippen molar-refractivity contribution < 1.29 is 0 Å². The van der Waals surface area contributed by atoms with Crippen LogP contribution in [0, 0.1) is 0 Å². The summed E-state index contributed by atoms with van der Waals surface area (Å²) in [5.74, 6) is 0. The molecule has 0 radical (unpaired) electrons. The minimum Gasteiger partial charge on any atom is -0.365 e. The highest BCUT2D eigenvalue weighted by Crippen LogP contribution is 2.32. The minimum absolute atomic E-state index is 0.125. The molecule has 0 bridgehead atoms. The quantitative estimate of drug-likeness (QED) is 0.897. The number of hydrogen-bond acceptors (Lipinski definition) is 3. The molecule has 2 N–H and O–H groups in total. The van der Waals surface area contributed by atoms with Gasteiger partial charge in [0.1, 0.15) is 0 Å². The summed E-state index contributed by atoms with van der Waals surface area (Å²) in [7, 11) is 0. The zero-order chi connectivity index (χ0) is 14.4. The Bertz CT molecular complexity index is 392. The van der Waals surface area contributed by atoms with Crippen LogP contribution in [0.3, 0.4) is 0 Å². The van der Waals surface area contributed by atoms with Crippen LogP contribution in [0.5, 0.6) is 0 Å². The molecule has 2 rings (SSSR count). The van der Waals surface area contributed by atoms with E-state index < -0.39 is 0 Å². The predicted octanol–water partition coefficient (Wildman–Crippen LogP) is 2.72. The molecule has 1 saturated heterocycles. The van der Waals surface area contributed by atoms with Crippen molar-refractivity contribution in [2.45, 2.75) is 38.6 Å². The van der Waals surface area contributed by atoms with E-state index in [9.17, 15) is 0 Å². The van der Waals surface area contributed by atoms with E-state index in [-0.39, 0.29) is 5.54 Å². The molecule has 0 aliphatic carbocycles. The van der Waals surface area contributed by atoms with Gasteiger partial charge in [-0.15, -0.1) is 0 Å². The van der Waals surface area contributed by atoms with Crippen LogP contribution in [0.25, 0.3) is 0 Å². The van der Waals surface area contributed by atoms with Crippen molar-refractivity contribution in [3.05, 3.63) is 30.3 Å². The number of anilines is 1. The molecule has 1 unspecified atom stereocenters. The lowest BCUT2D eigenvalue weighted by atomic mass is 9.87. The van der Waals surface area contributed by atoms with Gasteiger partial charge in [0.2, 0.25) is 0 Å². The van der Waals surface area contributed by atoms with Crippen molar-refractivity contribution in [2.75, 3.05) is 37.6 Å². The molecule has 1 heterocycles. The van der Waals surface area contributed by atoms with Crippen molar-refractivity contribution >= 4 is 5.69 Å². The van der Waals surface area contributed by atoms with Gasteiger partial charge in [0.05, 0.1) is 5.54 Å². The van der Waals surface area contributed by atoms with Crippen LogP contribution in [0.15, 0.2) is 30.3 Å². The van der Waals surface area contributed by atoms with Gasteiger partial charge in [-0.3, -0.25) is 0 Å². The van der Waals surface area contributed by atoms with Crippen LogP contribution in [-0.4, -0.2) is 43.2 Å². The van der Waals surface area contributed by atoms with Gasteiger partial charge in [-0.2, -0.15) is 0 Å². The highest BCUT2D eigenvalue weighted by atomic mass is 15.2. The van der Waals surface area contributed by atoms with Gasteiger partial charge in [0.25, 0.3) is 0 Å². The van der Waals surface area contributed by atoms with E-state index in [1.165, 1.54) is 31.5 Å². The van der Waals surface area contributed by atoms with E-state index in [0.717, 1.165) is 26.2 Å². The smallest absolute Gasteiger partial charge is 0.0536 e. The Morgan fingerprint density at radius 3 is 2.50 bits per heavy atom. The Balaban J connectivity index is 2.24. The summed E-state index contributed by atoms with van der Waals surface area (Å²) in [5.41, 5.74) is 7.68. The van der Waals surface area contributed by atoms with Gasteiger partial charge >= 0.3 is 0 Å². The van der Waals surface area contributed by atoms with E-state index >= 15 is 0 Å². The molecule has 0 saturated carbocycles. The van der Waals surface area contributed by atoms with Crippen molar-refractivity contribution in [1.29, 1.82) is 0 Å². The van der Waals surface area contributed by atoms with E-state index in [1.54, 1.807) is 0 Å². The van der Waals surface area contributed by atoms with E-state index in [1.807, 2.05) is 0 Å². The molecular formula is C17H29N3. The molecule has 1 aromatic carbocycles. The number of nitrogens with two attached hydrogens (primary N) is 1. The van der Waals surface area contributed by atoms with Gasteiger partial charge in [0.15, 0.2) is 0 Å². The first-order valence-corrected chi connectivity index (χ1v) is 8.01. The summed E-state index contributed by atoms with van der Waals surface area (Å²) >= 11 is 0. The van der Waals surface area contributed by atoms with Crippen molar-refractivity contribution in [3.8, 4) is 0 Å². The maximum atomic E-state index is 6.25. The summed E-state index contributed by atoms with van der Waals surface area (Å²) in [6, 6.07) is 10.7. The van der Waals surface area contributed by atoms with E-state index in [4.69, 9.17) is 5.73 Å².